The lowest BCUT2D eigenvalue weighted by Gasteiger charge is -2.21. The Morgan fingerprint density at radius 1 is 1.09 bits per heavy atom. The highest BCUT2D eigenvalue weighted by Gasteiger charge is 2.26. The second-order valence-corrected chi connectivity index (χ2v) is 11.6. The van der Waals surface area contributed by atoms with Crippen LogP contribution in [0.5, 0.6) is 0 Å². The van der Waals surface area contributed by atoms with Crippen molar-refractivity contribution >= 4 is 62.8 Å². The molecule has 3 heterocycles. The van der Waals surface area contributed by atoms with Crippen molar-refractivity contribution in [2.45, 2.75) is 25.4 Å². The number of benzene rings is 3. The zero-order valence-electron chi connectivity index (χ0n) is 23.0. The summed E-state index contributed by atoms with van der Waals surface area (Å²) in [6.45, 7) is 5.12. The lowest BCUT2D eigenvalue weighted by atomic mass is 10.0. The van der Waals surface area contributed by atoms with Gasteiger partial charge in [-0.2, -0.15) is 5.26 Å². The summed E-state index contributed by atoms with van der Waals surface area (Å²) in [6.07, 6.45) is 4.48. The van der Waals surface area contributed by atoms with Crippen LogP contribution in [0.2, 0.25) is 15.1 Å². The molecule has 2 aromatic heterocycles. The molecule has 0 bridgehead atoms. The number of rotatable bonds is 8. The Bertz CT molecular complexity index is 1840. The van der Waals surface area contributed by atoms with Crippen LogP contribution < -0.4 is 10.6 Å². The Hall–Kier alpha value is -3.94. The van der Waals surface area contributed by atoms with Crippen molar-refractivity contribution in [2.24, 2.45) is 0 Å². The molecule has 0 amide bonds. The van der Waals surface area contributed by atoms with Gasteiger partial charge in [-0.05, 0) is 61.0 Å². The minimum atomic E-state index is -0.539. The van der Waals surface area contributed by atoms with E-state index in [4.69, 9.17) is 34.8 Å². The van der Waals surface area contributed by atoms with Gasteiger partial charge >= 0.3 is 0 Å². The first kappa shape index (κ1) is 29.1. The van der Waals surface area contributed by atoms with Gasteiger partial charge in [0.25, 0.3) is 0 Å². The minimum absolute atomic E-state index is 0.0406. The number of anilines is 3. The maximum Gasteiger partial charge on any atom is 0.141 e. The number of likely N-dealkylation sites (tertiary alicyclic amines) is 1. The molecule has 0 aliphatic carbocycles. The predicted octanol–water partition coefficient (Wildman–Crippen LogP) is 8.01. The Morgan fingerprint density at radius 3 is 2.63 bits per heavy atom. The monoisotopic (exact) mass is 634 g/mol. The number of pyridine rings is 1. The van der Waals surface area contributed by atoms with Crippen LogP contribution in [0.25, 0.3) is 10.9 Å². The van der Waals surface area contributed by atoms with E-state index in [1.54, 1.807) is 18.2 Å². The summed E-state index contributed by atoms with van der Waals surface area (Å²) in [5, 5.41) is 27.4. The zero-order valence-corrected chi connectivity index (χ0v) is 25.3. The fraction of sp³-hybridized carbons (Fsp3) is 0.226. The number of likely N-dealkylation sites (N-methyl/N-ethyl adjacent to an activating group) is 1. The Kier molecular flexibility index (Phi) is 8.37. The quantitative estimate of drug-likeness (QED) is 0.178. The SMILES string of the molecule is CCN1CC[C@H](n2cc(C(Nc3cc(Cl)cc4c(Nc5ccc(F)c(Cl)c5)c(C#N)cnc34)c3ccc(Cl)cc3)nn2)C1. The number of aromatic nitrogens is 4. The second-order valence-electron chi connectivity index (χ2n) is 10.4. The van der Waals surface area contributed by atoms with Crippen molar-refractivity contribution in [1.29, 1.82) is 5.26 Å². The number of nitrogens with zero attached hydrogens (tertiary/aromatic N) is 6. The summed E-state index contributed by atoms with van der Waals surface area (Å²) in [6, 6.07) is 17.3. The molecule has 1 unspecified atom stereocenters. The van der Waals surface area contributed by atoms with Crippen LogP contribution >= 0.6 is 34.8 Å². The van der Waals surface area contributed by atoms with Gasteiger partial charge < -0.3 is 15.5 Å². The van der Waals surface area contributed by atoms with Crippen molar-refractivity contribution in [1.82, 2.24) is 24.9 Å². The third-order valence-electron chi connectivity index (χ3n) is 7.64. The van der Waals surface area contributed by atoms with Crippen molar-refractivity contribution in [3.8, 4) is 6.07 Å². The molecule has 43 heavy (non-hydrogen) atoms. The summed E-state index contributed by atoms with van der Waals surface area (Å²) in [5.41, 5.74) is 4.10. The average Bonchev–Trinajstić information content (AvgIpc) is 3.69. The highest BCUT2D eigenvalue weighted by atomic mass is 35.5. The molecule has 3 aromatic carbocycles. The highest BCUT2D eigenvalue weighted by molar-refractivity contribution is 6.32. The molecule has 1 aliphatic heterocycles. The van der Waals surface area contributed by atoms with Gasteiger partial charge in [-0.15, -0.1) is 5.10 Å². The largest absolute Gasteiger partial charge is 0.371 e. The van der Waals surface area contributed by atoms with Gasteiger partial charge in [-0.3, -0.25) is 4.98 Å². The molecular weight excluding hydrogens is 610 g/mol. The molecule has 1 aliphatic rings. The standard InChI is InChI=1S/C31H26Cl3FN8/c1-2-42-10-9-23(16-42)43-17-28(40-41-43)30(18-3-5-20(32)6-4-18)39-27-12-21(33)11-24-29(19(14-36)15-37-31(24)27)38-22-7-8-26(35)25(34)13-22/h3-8,11-13,15,17,23,30,39H,2,9-10,16H2,1H3,(H,37,38)/t23-,30?/m0/s1. The summed E-state index contributed by atoms with van der Waals surface area (Å²) >= 11 is 18.9. The first-order chi connectivity index (χ1) is 20.8. The fourth-order valence-electron chi connectivity index (χ4n) is 5.37. The molecule has 2 atom stereocenters. The van der Waals surface area contributed by atoms with E-state index in [-0.39, 0.29) is 16.6 Å². The summed E-state index contributed by atoms with van der Waals surface area (Å²) < 4.78 is 15.8. The number of nitrogens with one attached hydrogen (secondary N) is 2. The van der Waals surface area contributed by atoms with Crippen LogP contribution in [0.3, 0.4) is 0 Å². The molecule has 0 saturated carbocycles. The third-order valence-corrected chi connectivity index (χ3v) is 8.40. The number of hydrogen-bond acceptors (Lipinski definition) is 7. The van der Waals surface area contributed by atoms with Gasteiger partial charge in [-0.1, -0.05) is 59.1 Å². The van der Waals surface area contributed by atoms with E-state index in [2.05, 4.69) is 43.8 Å². The first-order valence-corrected chi connectivity index (χ1v) is 14.9. The van der Waals surface area contributed by atoms with E-state index < -0.39 is 11.9 Å². The van der Waals surface area contributed by atoms with E-state index in [0.29, 0.717) is 38.0 Å². The number of nitriles is 1. The van der Waals surface area contributed by atoms with E-state index in [1.807, 2.05) is 35.1 Å². The van der Waals surface area contributed by atoms with Crippen LogP contribution in [-0.4, -0.2) is 44.5 Å². The van der Waals surface area contributed by atoms with Crippen molar-refractivity contribution in [2.75, 3.05) is 30.3 Å². The molecule has 5 aromatic rings. The molecule has 6 rings (SSSR count). The van der Waals surface area contributed by atoms with Gasteiger partial charge in [0, 0.05) is 40.4 Å². The number of hydrogen-bond donors (Lipinski definition) is 2. The molecular formula is C31H26Cl3FN8. The topological polar surface area (TPSA) is 94.7 Å². The minimum Gasteiger partial charge on any atom is -0.371 e. The molecule has 218 valence electrons. The van der Waals surface area contributed by atoms with Crippen molar-refractivity contribution < 1.29 is 4.39 Å². The van der Waals surface area contributed by atoms with Crippen molar-refractivity contribution in [3.05, 3.63) is 105 Å². The maximum absolute atomic E-state index is 13.8. The number of halogens is 4. The highest BCUT2D eigenvalue weighted by Crippen LogP contribution is 2.38. The smallest absolute Gasteiger partial charge is 0.141 e. The third kappa shape index (κ3) is 6.10. The molecule has 8 nitrogen and oxygen atoms in total. The lowest BCUT2D eigenvalue weighted by Crippen LogP contribution is -2.21. The fourth-order valence-corrected chi connectivity index (χ4v) is 5.90. The van der Waals surface area contributed by atoms with E-state index in [9.17, 15) is 9.65 Å². The average molecular weight is 636 g/mol. The van der Waals surface area contributed by atoms with Crippen LogP contribution in [0.1, 0.15) is 42.2 Å². The van der Waals surface area contributed by atoms with E-state index in [0.717, 1.165) is 37.3 Å². The Labute approximate surface area is 263 Å². The molecule has 0 radical (unpaired) electrons. The Balaban J connectivity index is 1.42. The summed E-state index contributed by atoms with van der Waals surface area (Å²) in [5.74, 6) is -0.539. The summed E-state index contributed by atoms with van der Waals surface area (Å²) in [4.78, 5) is 7.02. The molecule has 2 N–H and O–H groups in total. The predicted molar refractivity (Wildman–Crippen MR) is 169 cm³/mol. The van der Waals surface area contributed by atoms with Crippen LogP contribution in [0.4, 0.5) is 21.5 Å². The summed E-state index contributed by atoms with van der Waals surface area (Å²) in [7, 11) is 0. The van der Waals surface area contributed by atoms with Gasteiger partial charge in [-0.25, -0.2) is 9.07 Å². The van der Waals surface area contributed by atoms with Gasteiger partial charge in [0.15, 0.2) is 0 Å². The van der Waals surface area contributed by atoms with Gasteiger partial charge in [0.05, 0.1) is 45.8 Å². The number of fused-ring (bicyclic) bond motifs is 1. The van der Waals surface area contributed by atoms with E-state index >= 15 is 0 Å². The van der Waals surface area contributed by atoms with Crippen LogP contribution in [0.15, 0.2) is 67.0 Å². The van der Waals surface area contributed by atoms with Crippen LogP contribution in [-0.2, 0) is 0 Å². The van der Waals surface area contributed by atoms with Crippen LogP contribution in [0, 0.1) is 17.1 Å². The second kappa shape index (κ2) is 12.3. The van der Waals surface area contributed by atoms with Gasteiger partial charge in [0.1, 0.15) is 17.6 Å². The molecule has 1 fully saturated rings. The molecule has 0 spiro atoms. The normalized spacial score (nSPS) is 15.9. The molecule has 12 heteroatoms. The lowest BCUT2D eigenvalue weighted by molar-refractivity contribution is 0.334. The first-order valence-electron chi connectivity index (χ1n) is 13.7. The Morgan fingerprint density at radius 2 is 1.91 bits per heavy atom. The van der Waals surface area contributed by atoms with E-state index in [1.165, 1.54) is 18.3 Å². The van der Waals surface area contributed by atoms with Gasteiger partial charge in [0.2, 0.25) is 0 Å². The molecule has 1 saturated heterocycles. The zero-order chi connectivity index (χ0) is 30.1. The maximum atomic E-state index is 13.8. The van der Waals surface area contributed by atoms with Crippen molar-refractivity contribution in [3.63, 3.8) is 0 Å².